The van der Waals surface area contributed by atoms with Crippen LogP contribution in [0.4, 0.5) is 0 Å². The van der Waals surface area contributed by atoms with Gasteiger partial charge < -0.3 is 9.84 Å². The zero-order valence-electron chi connectivity index (χ0n) is 9.07. The van der Waals surface area contributed by atoms with E-state index in [1.54, 1.807) is 12.1 Å². The lowest BCUT2D eigenvalue weighted by molar-refractivity contribution is 0.101. The zero-order chi connectivity index (χ0) is 11.4. The van der Waals surface area contributed by atoms with E-state index < -0.39 is 0 Å². The molecule has 0 saturated heterocycles. The Bertz CT molecular complexity index is 406. The number of methoxy groups -OCH3 is 1. The van der Waals surface area contributed by atoms with Crippen molar-refractivity contribution < 1.29 is 14.6 Å². The summed E-state index contributed by atoms with van der Waals surface area (Å²) in [5, 5.41) is 9.68. The first-order chi connectivity index (χ1) is 7.10. The number of allylic oxidation sites excluding steroid dienone is 1. The van der Waals surface area contributed by atoms with E-state index in [0.717, 1.165) is 5.56 Å². The van der Waals surface area contributed by atoms with Crippen molar-refractivity contribution in [3.8, 4) is 11.5 Å². The molecule has 0 saturated carbocycles. The molecule has 0 aliphatic rings. The molecule has 0 aromatic heterocycles. The van der Waals surface area contributed by atoms with Crippen molar-refractivity contribution in [2.24, 2.45) is 0 Å². The number of hydrogen-bond acceptors (Lipinski definition) is 3. The number of ether oxygens (including phenoxy) is 1. The highest BCUT2D eigenvalue weighted by atomic mass is 16.5. The van der Waals surface area contributed by atoms with E-state index in [-0.39, 0.29) is 17.1 Å². The number of carbonyl (C=O) groups is 1. The van der Waals surface area contributed by atoms with E-state index in [1.165, 1.54) is 14.0 Å². The molecule has 1 N–H and O–H groups in total. The van der Waals surface area contributed by atoms with E-state index in [1.807, 2.05) is 19.1 Å². The fraction of sp³-hybridized carbons (Fsp3) is 0.250. The summed E-state index contributed by atoms with van der Waals surface area (Å²) in [5.41, 5.74) is 1.11. The Morgan fingerprint density at radius 3 is 2.60 bits per heavy atom. The molecule has 0 bridgehead atoms. The highest BCUT2D eigenvalue weighted by Crippen LogP contribution is 2.32. The Labute approximate surface area is 89.0 Å². The molecule has 80 valence electrons. The van der Waals surface area contributed by atoms with Crippen molar-refractivity contribution in [1.82, 2.24) is 0 Å². The third kappa shape index (κ3) is 2.37. The lowest BCUT2D eigenvalue weighted by Gasteiger charge is -2.08. The van der Waals surface area contributed by atoms with Gasteiger partial charge in [0.15, 0.2) is 17.3 Å². The first kappa shape index (κ1) is 11.3. The minimum atomic E-state index is -0.183. The Morgan fingerprint density at radius 2 is 2.13 bits per heavy atom. The van der Waals surface area contributed by atoms with Crippen LogP contribution in [-0.2, 0) is 0 Å². The van der Waals surface area contributed by atoms with Gasteiger partial charge in [-0.05, 0) is 31.5 Å². The van der Waals surface area contributed by atoms with Crippen LogP contribution in [0.15, 0.2) is 18.2 Å². The summed E-state index contributed by atoms with van der Waals surface area (Å²) >= 11 is 0. The Morgan fingerprint density at radius 1 is 1.47 bits per heavy atom. The Kier molecular flexibility index (Phi) is 3.50. The van der Waals surface area contributed by atoms with Gasteiger partial charge in [-0.1, -0.05) is 12.2 Å². The van der Waals surface area contributed by atoms with Crippen LogP contribution >= 0.6 is 0 Å². The molecular formula is C12H14O3. The molecule has 0 spiro atoms. The van der Waals surface area contributed by atoms with Crippen molar-refractivity contribution in [1.29, 1.82) is 0 Å². The van der Waals surface area contributed by atoms with E-state index in [2.05, 4.69) is 0 Å². The zero-order valence-corrected chi connectivity index (χ0v) is 9.07. The van der Waals surface area contributed by atoms with Crippen LogP contribution in [0.25, 0.3) is 6.08 Å². The van der Waals surface area contributed by atoms with Crippen LogP contribution in [0.3, 0.4) is 0 Å². The molecule has 0 amide bonds. The number of Topliss-reactive ketones (excluding diaryl/α,β-unsaturated/α-hetero) is 1. The predicted molar refractivity (Wildman–Crippen MR) is 59.4 cm³/mol. The van der Waals surface area contributed by atoms with Gasteiger partial charge in [-0.15, -0.1) is 0 Å². The van der Waals surface area contributed by atoms with Gasteiger partial charge in [-0.3, -0.25) is 4.79 Å². The molecule has 1 aromatic carbocycles. The molecule has 0 heterocycles. The molecule has 0 fully saturated rings. The van der Waals surface area contributed by atoms with Crippen molar-refractivity contribution >= 4 is 11.9 Å². The number of benzene rings is 1. The van der Waals surface area contributed by atoms with Gasteiger partial charge in [0.2, 0.25) is 0 Å². The number of rotatable bonds is 3. The second-order valence-corrected chi connectivity index (χ2v) is 3.18. The standard InChI is InChI=1S/C12H14O3/c1-4-5-9-6-10(8(2)13)12(14)11(7-9)15-3/h4-7,14H,1-3H3/b5-4+. The molecule has 1 aromatic rings. The maximum Gasteiger partial charge on any atom is 0.168 e. The quantitative estimate of drug-likeness (QED) is 0.773. The highest BCUT2D eigenvalue weighted by Gasteiger charge is 2.12. The number of phenols is 1. The smallest absolute Gasteiger partial charge is 0.168 e. The van der Waals surface area contributed by atoms with Crippen molar-refractivity contribution in [3.05, 3.63) is 29.3 Å². The molecule has 3 nitrogen and oxygen atoms in total. The average Bonchev–Trinajstić information content (AvgIpc) is 2.20. The summed E-state index contributed by atoms with van der Waals surface area (Å²) in [6.07, 6.45) is 3.70. The lowest BCUT2D eigenvalue weighted by Crippen LogP contribution is -1.96. The normalized spacial score (nSPS) is 10.6. The van der Waals surface area contributed by atoms with E-state index in [9.17, 15) is 9.90 Å². The first-order valence-corrected chi connectivity index (χ1v) is 4.64. The van der Waals surface area contributed by atoms with E-state index in [0.29, 0.717) is 5.75 Å². The molecule has 3 heteroatoms. The monoisotopic (exact) mass is 206 g/mol. The second kappa shape index (κ2) is 4.64. The van der Waals surface area contributed by atoms with Crippen LogP contribution < -0.4 is 4.74 Å². The summed E-state index contributed by atoms with van der Waals surface area (Å²) in [4.78, 5) is 11.3. The van der Waals surface area contributed by atoms with Crippen LogP contribution in [0.2, 0.25) is 0 Å². The summed E-state index contributed by atoms with van der Waals surface area (Å²) < 4.78 is 4.99. The van der Waals surface area contributed by atoms with Crippen molar-refractivity contribution in [2.75, 3.05) is 7.11 Å². The fourth-order valence-electron chi connectivity index (χ4n) is 1.34. The van der Waals surface area contributed by atoms with Gasteiger partial charge >= 0.3 is 0 Å². The summed E-state index contributed by atoms with van der Waals surface area (Å²) in [6, 6.07) is 3.32. The number of phenolic OH excluding ortho intramolecular Hbond substituents is 1. The highest BCUT2D eigenvalue weighted by molar-refractivity contribution is 5.98. The van der Waals surface area contributed by atoms with E-state index in [4.69, 9.17) is 4.74 Å². The van der Waals surface area contributed by atoms with Gasteiger partial charge in [0, 0.05) is 0 Å². The van der Waals surface area contributed by atoms with Gasteiger partial charge in [0.1, 0.15) is 0 Å². The maximum atomic E-state index is 11.3. The summed E-state index contributed by atoms with van der Waals surface area (Å²) in [7, 11) is 1.46. The molecule has 0 unspecified atom stereocenters. The fourth-order valence-corrected chi connectivity index (χ4v) is 1.34. The SMILES string of the molecule is C/C=C/c1cc(OC)c(O)c(C(C)=O)c1. The van der Waals surface area contributed by atoms with Crippen molar-refractivity contribution in [2.45, 2.75) is 13.8 Å². The third-order valence-electron chi connectivity index (χ3n) is 2.06. The molecule has 0 aliphatic carbocycles. The molecular weight excluding hydrogens is 192 g/mol. The molecule has 15 heavy (non-hydrogen) atoms. The van der Waals surface area contributed by atoms with Gasteiger partial charge in [0.05, 0.1) is 12.7 Å². The lowest BCUT2D eigenvalue weighted by atomic mass is 10.1. The summed E-state index contributed by atoms with van der Waals surface area (Å²) in [6.45, 7) is 3.29. The van der Waals surface area contributed by atoms with Gasteiger partial charge in [-0.2, -0.15) is 0 Å². The first-order valence-electron chi connectivity index (χ1n) is 4.64. The van der Waals surface area contributed by atoms with Crippen LogP contribution in [0.1, 0.15) is 29.8 Å². The number of hydrogen-bond donors (Lipinski definition) is 1. The minimum absolute atomic E-state index is 0.0988. The number of carbonyl (C=O) groups excluding carboxylic acids is 1. The molecule has 0 atom stereocenters. The molecule has 1 rings (SSSR count). The Hall–Kier alpha value is -1.77. The van der Waals surface area contributed by atoms with Gasteiger partial charge in [-0.25, -0.2) is 0 Å². The van der Waals surface area contributed by atoms with Crippen molar-refractivity contribution in [3.63, 3.8) is 0 Å². The maximum absolute atomic E-state index is 11.3. The number of ketones is 1. The van der Waals surface area contributed by atoms with Crippen LogP contribution in [0.5, 0.6) is 11.5 Å². The van der Waals surface area contributed by atoms with Gasteiger partial charge in [0.25, 0.3) is 0 Å². The van der Waals surface area contributed by atoms with Crippen LogP contribution in [-0.4, -0.2) is 18.0 Å². The molecule has 0 radical (unpaired) electrons. The van der Waals surface area contributed by atoms with Crippen LogP contribution in [0, 0.1) is 0 Å². The second-order valence-electron chi connectivity index (χ2n) is 3.18. The van der Waals surface area contributed by atoms with E-state index >= 15 is 0 Å². The Balaban J connectivity index is 3.38. The average molecular weight is 206 g/mol. The third-order valence-corrected chi connectivity index (χ3v) is 2.06. The topological polar surface area (TPSA) is 46.5 Å². The minimum Gasteiger partial charge on any atom is -0.504 e. The number of aromatic hydroxyl groups is 1. The largest absolute Gasteiger partial charge is 0.504 e. The predicted octanol–water partition coefficient (Wildman–Crippen LogP) is 2.64. The summed E-state index contributed by atoms with van der Waals surface area (Å²) in [5.74, 6) is 0.0335. The molecule has 0 aliphatic heterocycles.